The van der Waals surface area contributed by atoms with Gasteiger partial charge in [0.25, 0.3) is 5.91 Å². The van der Waals surface area contributed by atoms with E-state index in [0.29, 0.717) is 17.3 Å². The van der Waals surface area contributed by atoms with Crippen LogP contribution in [0, 0.1) is 11.6 Å². The molecule has 0 saturated heterocycles. The molecule has 0 aliphatic rings. The van der Waals surface area contributed by atoms with E-state index in [1.54, 1.807) is 0 Å². The summed E-state index contributed by atoms with van der Waals surface area (Å²) in [5, 5.41) is 5.58. The van der Waals surface area contributed by atoms with E-state index in [0.717, 1.165) is 12.1 Å². The topological polar surface area (TPSA) is 66.9 Å². The summed E-state index contributed by atoms with van der Waals surface area (Å²) in [7, 11) is 0. The molecule has 2 aromatic carbocycles. The van der Waals surface area contributed by atoms with Crippen LogP contribution in [0.5, 0.6) is 0 Å². The molecule has 0 fully saturated rings. The van der Waals surface area contributed by atoms with Crippen molar-refractivity contribution in [2.75, 3.05) is 10.6 Å². The van der Waals surface area contributed by atoms with Crippen molar-refractivity contribution in [3.8, 4) is 0 Å². The molecule has 0 bridgehead atoms. The number of halogens is 2. The number of benzene rings is 2. The van der Waals surface area contributed by atoms with E-state index in [9.17, 15) is 13.6 Å². The Morgan fingerprint density at radius 3 is 2.30 bits per heavy atom. The Kier molecular flexibility index (Phi) is 5.40. The third kappa shape index (κ3) is 4.63. The van der Waals surface area contributed by atoms with E-state index in [-0.39, 0.29) is 11.5 Å². The minimum absolute atomic E-state index is 0.142. The molecule has 5 nitrogen and oxygen atoms in total. The van der Waals surface area contributed by atoms with Crippen LogP contribution >= 0.6 is 0 Å². The second-order valence-corrected chi connectivity index (χ2v) is 6.27. The van der Waals surface area contributed by atoms with Crippen LogP contribution in [0.2, 0.25) is 0 Å². The lowest BCUT2D eigenvalue weighted by atomic mass is 10.0. The number of carbonyl (C=O) groups excluding carboxylic acids is 1. The molecule has 2 N–H and O–H groups in total. The average Bonchev–Trinajstić information content (AvgIpc) is 2.65. The van der Waals surface area contributed by atoms with Crippen molar-refractivity contribution in [1.29, 1.82) is 0 Å². The van der Waals surface area contributed by atoms with E-state index in [4.69, 9.17) is 0 Å². The zero-order chi connectivity index (χ0) is 19.4. The molecule has 0 radical (unpaired) electrons. The summed E-state index contributed by atoms with van der Waals surface area (Å²) in [6.07, 6.45) is 1.22. The first kappa shape index (κ1) is 18.4. The Hall–Kier alpha value is -3.35. The fourth-order valence-electron chi connectivity index (χ4n) is 2.42. The van der Waals surface area contributed by atoms with Gasteiger partial charge in [0.2, 0.25) is 0 Å². The minimum Gasteiger partial charge on any atom is -0.340 e. The number of rotatable bonds is 5. The highest BCUT2D eigenvalue weighted by Crippen LogP contribution is 2.19. The molecule has 0 atom stereocenters. The Bertz CT molecular complexity index is 958. The number of nitrogens with one attached hydrogen (secondary N) is 2. The number of hydrogen-bond donors (Lipinski definition) is 2. The zero-order valence-electron chi connectivity index (χ0n) is 14.8. The quantitative estimate of drug-likeness (QED) is 0.674. The normalized spacial score (nSPS) is 10.7. The van der Waals surface area contributed by atoms with Gasteiger partial charge in [0.1, 0.15) is 17.8 Å². The standard InChI is InChI=1S/C20H18F2N4O/c1-12(2)13-3-5-14(6-4-13)26-20(27)18-10-19(24-11-23-18)25-15-7-8-16(21)17(22)9-15/h3-12H,1-2H3,(H,26,27)(H,23,24,25). The van der Waals surface area contributed by atoms with Gasteiger partial charge in [-0.2, -0.15) is 0 Å². The zero-order valence-corrected chi connectivity index (χ0v) is 14.8. The van der Waals surface area contributed by atoms with Gasteiger partial charge in [-0.05, 0) is 35.7 Å². The van der Waals surface area contributed by atoms with E-state index >= 15 is 0 Å². The van der Waals surface area contributed by atoms with Crippen molar-refractivity contribution in [3.63, 3.8) is 0 Å². The fraction of sp³-hybridized carbons (Fsp3) is 0.150. The summed E-state index contributed by atoms with van der Waals surface area (Å²) in [5.74, 6) is -1.62. The highest BCUT2D eigenvalue weighted by Gasteiger charge is 2.10. The number of amides is 1. The highest BCUT2D eigenvalue weighted by molar-refractivity contribution is 6.03. The number of carbonyl (C=O) groups is 1. The maximum Gasteiger partial charge on any atom is 0.274 e. The molecule has 1 amide bonds. The molecular formula is C20H18F2N4O. The van der Waals surface area contributed by atoms with Crippen LogP contribution in [0.25, 0.3) is 0 Å². The van der Waals surface area contributed by atoms with Crippen molar-refractivity contribution >= 4 is 23.1 Å². The monoisotopic (exact) mass is 368 g/mol. The lowest BCUT2D eigenvalue weighted by molar-refractivity contribution is 0.102. The Morgan fingerprint density at radius 2 is 1.63 bits per heavy atom. The first-order chi connectivity index (χ1) is 12.9. The van der Waals surface area contributed by atoms with Crippen molar-refractivity contribution in [3.05, 3.63) is 77.8 Å². The van der Waals surface area contributed by atoms with Gasteiger partial charge in [0.05, 0.1) is 0 Å². The van der Waals surface area contributed by atoms with Crippen LogP contribution in [0.4, 0.5) is 26.0 Å². The summed E-state index contributed by atoms with van der Waals surface area (Å²) >= 11 is 0. The largest absolute Gasteiger partial charge is 0.340 e. The van der Waals surface area contributed by atoms with Gasteiger partial charge in [0, 0.05) is 23.5 Å². The highest BCUT2D eigenvalue weighted by atomic mass is 19.2. The molecule has 7 heteroatoms. The third-order valence-electron chi connectivity index (χ3n) is 3.93. The van der Waals surface area contributed by atoms with Crippen molar-refractivity contribution in [2.24, 2.45) is 0 Å². The van der Waals surface area contributed by atoms with Crippen LogP contribution in [0.1, 0.15) is 35.8 Å². The predicted molar refractivity (Wildman–Crippen MR) is 100 cm³/mol. The molecule has 3 rings (SSSR count). The second kappa shape index (κ2) is 7.90. The predicted octanol–water partition coefficient (Wildman–Crippen LogP) is 4.87. The summed E-state index contributed by atoms with van der Waals surface area (Å²) < 4.78 is 26.3. The van der Waals surface area contributed by atoms with Crippen LogP contribution in [0.3, 0.4) is 0 Å². The number of anilines is 3. The number of aromatic nitrogens is 2. The molecule has 0 spiro atoms. The maximum atomic E-state index is 13.3. The molecule has 0 aliphatic heterocycles. The average molecular weight is 368 g/mol. The molecule has 0 saturated carbocycles. The van der Waals surface area contributed by atoms with Gasteiger partial charge in [0.15, 0.2) is 11.6 Å². The third-order valence-corrected chi connectivity index (χ3v) is 3.93. The number of nitrogens with zero attached hydrogens (tertiary/aromatic N) is 2. The van der Waals surface area contributed by atoms with Crippen LogP contribution in [0.15, 0.2) is 54.9 Å². The van der Waals surface area contributed by atoms with Crippen molar-refractivity contribution in [2.45, 2.75) is 19.8 Å². The molecule has 0 aliphatic carbocycles. The molecule has 1 heterocycles. The fourth-order valence-corrected chi connectivity index (χ4v) is 2.42. The first-order valence-electron chi connectivity index (χ1n) is 8.38. The summed E-state index contributed by atoms with van der Waals surface area (Å²) in [4.78, 5) is 20.3. The van der Waals surface area contributed by atoms with Crippen molar-refractivity contribution < 1.29 is 13.6 Å². The van der Waals surface area contributed by atoms with Gasteiger partial charge in [-0.3, -0.25) is 4.79 Å². The van der Waals surface area contributed by atoms with Gasteiger partial charge in [-0.25, -0.2) is 18.7 Å². The molecule has 138 valence electrons. The minimum atomic E-state index is -0.975. The van der Waals surface area contributed by atoms with E-state index < -0.39 is 17.5 Å². The Balaban J connectivity index is 1.72. The summed E-state index contributed by atoms with van der Waals surface area (Å²) in [5.41, 5.74) is 2.28. The molecule has 1 aromatic heterocycles. The van der Waals surface area contributed by atoms with Crippen LogP contribution in [-0.4, -0.2) is 15.9 Å². The first-order valence-corrected chi connectivity index (χ1v) is 8.38. The number of hydrogen-bond acceptors (Lipinski definition) is 4. The molecular weight excluding hydrogens is 350 g/mol. The van der Waals surface area contributed by atoms with Gasteiger partial charge in [-0.1, -0.05) is 26.0 Å². The van der Waals surface area contributed by atoms with Gasteiger partial charge >= 0.3 is 0 Å². The Morgan fingerprint density at radius 1 is 0.926 bits per heavy atom. The molecule has 3 aromatic rings. The van der Waals surface area contributed by atoms with Crippen LogP contribution in [-0.2, 0) is 0 Å². The van der Waals surface area contributed by atoms with Gasteiger partial charge in [-0.15, -0.1) is 0 Å². The lowest BCUT2D eigenvalue weighted by Crippen LogP contribution is -2.14. The Labute approximate surface area is 155 Å². The maximum absolute atomic E-state index is 13.3. The summed E-state index contributed by atoms with van der Waals surface area (Å²) in [6.45, 7) is 4.19. The summed E-state index contributed by atoms with van der Waals surface area (Å²) in [6, 6.07) is 12.4. The smallest absolute Gasteiger partial charge is 0.274 e. The molecule has 0 unspecified atom stereocenters. The van der Waals surface area contributed by atoms with E-state index in [1.807, 2.05) is 24.3 Å². The SMILES string of the molecule is CC(C)c1ccc(NC(=O)c2cc(Nc3ccc(F)c(F)c3)ncn2)cc1. The molecule has 27 heavy (non-hydrogen) atoms. The van der Waals surface area contributed by atoms with E-state index in [1.165, 1.54) is 24.0 Å². The van der Waals surface area contributed by atoms with Crippen LogP contribution < -0.4 is 10.6 Å². The van der Waals surface area contributed by atoms with Crippen molar-refractivity contribution in [1.82, 2.24) is 9.97 Å². The van der Waals surface area contributed by atoms with Gasteiger partial charge < -0.3 is 10.6 Å². The second-order valence-electron chi connectivity index (χ2n) is 6.27. The lowest BCUT2D eigenvalue weighted by Gasteiger charge is -2.09. The van der Waals surface area contributed by atoms with E-state index in [2.05, 4.69) is 34.4 Å².